The minimum absolute atomic E-state index is 0.256. The molecule has 1 heterocycles. The Hall–Kier alpha value is -2.24. The Morgan fingerprint density at radius 1 is 1.35 bits per heavy atom. The summed E-state index contributed by atoms with van der Waals surface area (Å²) in [5.41, 5.74) is 1.23. The third-order valence-electron chi connectivity index (χ3n) is 3.52. The Balaban J connectivity index is 1.72. The van der Waals surface area contributed by atoms with E-state index in [1.165, 1.54) is 17.1 Å². The second-order valence-electron chi connectivity index (χ2n) is 4.95. The van der Waals surface area contributed by atoms with Gasteiger partial charge in [-0.25, -0.2) is 9.07 Å². The molecule has 1 atom stereocenters. The van der Waals surface area contributed by atoms with Gasteiger partial charge in [0.25, 0.3) is 0 Å². The minimum atomic E-state index is -0.256. The number of rotatable bonds is 4. The van der Waals surface area contributed by atoms with Gasteiger partial charge < -0.3 is 5.32 Å². The van der Waals surface area contributed by atoms with Crippen molar-refractivity contribution in [3.05, 3.63) is 42.5 Å². The lowest BCUT2D eigenvalue weighted by Crippen LogP contribution is -2.16. The van der Waals surface area contributed by atoms with Crippen LogP contribution in [-0.2, 0) is 0 Å². The lowest BCUT2D eigenvalue weighted by molar-refractivity contribution is 0.502. The second kappa shape index (κ2) is 5.81. The van der Waals surface area contributed by atoms with Crippen LogP contribution in [0.2, 0.25) is 0 Å². The van der Waals surface area contributed by atoms with Crippen LogP contribution < -0.4 is 5.32 Å². The fourth-order valence-electron chi connectivity index (χ4n) is 2.37. The molecule has 104 valence electrons. The molecule has 0 saturated heterocycles. The first kappa shape index (κ1) is 12.8. The Bertz CT molecular complexity index is 594. The lowest BCUT2D eigenvalue weighted by atomic mass is 9.94. The molecular weight excluding hydrogens is 257 g/mol. The molecule has 20 heavy (non-hydrogen) atoms. The standard InChI is InChI=1S/C14H16FN5/c15-13-7-6-12(20-10-17-18-19-20)8-14(13)16-9-11-4-2-1-3-5-11/h1-2,6-8,10-11,16H,3-5,9H2. The molecule has 0 spiro atoms. The highest BCUT2D eigenvalue weighted by atomic mass is 19.1. The maximum Gasteiger partial charge on any atom is 0.146 e. The summed E-state index contributed by atoms with van der Waals surface area (Å²) < 4.78 is 15.3. The minimum Gasteiger partial charge on any atom is -0.382 e. The van der Waals surface area contributed by atoms with Crippen LogP contribution >= 0.6 is 0 Å². The van der Waals surface area contributed by atoms with Crippen molar-refractivity contribution in [1.29, 1.82) is 0 Å². The first-order valence-electron chi connectivity index (χ1n) is 6.75. The molecule has 2 aromatic rings. The third-order valence-corrected chi connectivity index (χ3v) is 3.52. The van der Waals surface area contributed by atoms with E-state index in [1.807, 2.05) is 0 Å². The molecule has 0 radical (unpaired) electrons. The summed E-state index contributed by atoms with van der Waals surface area (Å²) in [7, 11) is 0. The Morgan fingerprint density at radius 2 is 2.30 bits per heavy atom. The van der Waals surface area contributed by atoms with E-state index < -0.39 is 0 Å². The summed E-state index contributed by atoms with van der Waals surface area (Å²) in [5.74, 6) is 0.310. The molecule has 1 aromatic carbocycles. The van der Waals surface area contributed by atoms with Crippen molar-refractivity contribution in [2.24, 2.45) is 5.92 Å². The van der Waals surface area contributed by atoms with Crippen molar-refractivity contribution in [2.45, 2.75) is 19.3 Å². The zero-order valence-corrected chi connectivity index (χ0v) is 11.0. The zero-order chi connectivity index (χ0) is 13.8. The van der Waals surface area contributed by atoms with Crippen LogP contribution in [0.15, 0.2) is 36.7 Å². The van der Waals surface area contributed by atoms with Gasteiger partial charge in [-0.05, 0) is 53.8 Å². The molecule has 6 heteroatoms. The van der Waals surface area contributed by atoms with E-state index in [9.17, 15) is 4.39 Å². The van der Waals surface area contributed by atoms with Crippen LogP contribution in [0.1, 0.15) is 19.3 Å². The topological polar surface area (TPSA) is 55.6 Å². The number of anilines is 1. The van der Waals surface area contributed by atoms with Crippen LogP contribution in [0.3, 0.4) is 0 Å². The van der Waals surface area contributed by atoms with E-state index in [0.717, 1.165) is 31.5 Å². The quantitative estimate of drug-likeness (QED) is 0.870. The number of benzene rings is 1. The highest BCUT2D eigenvalue weighted by Crippen LogP contribution is 2.22. The lowest BCUT2D eigenvalue weighted by Gasteiger charge is -2.19. The molecule has 0 amide bonds. The number of allylic oxidation sites excluding steroid dienone is 2. The Kier molecular flexibility index (Phi) is 3.71. The van der Waals surface area contributed by atoms with Gasteiger partial charge in [0.15, 0.2) is 0 Å². The first-order valence-corrected chi connectivity index (χ1v) is 6.75. The van der Waals surface area contributed by atoms with Gasteiger partial charge in [-0.2, -0.15) is 0 Å². The van der Waals surface area contributed by atoms with E-state index >= 15 is 0 Å². The monoisotopic (exact) mass is 273 g/mol. The van der Waals surface area contributed by atoms with Gasteiger partial charge in [0, 0.05) is 6.54 Å². The number of hydrogen-bond acceptors (Lipinski definition) is 4. The molecule has 0 saturated carbocycles. The van der Waals surface area contributed by atoms with E-state index in [-0.39, 0.29) is 5.82 Å². The van der Waals surface area contributed by atoms with Crippen LogP contribution in [0.4, 0.5) is 10.1 Å². The molecule has 1 aliphatic carbocycles. The van der Waals surface area contributed by atoms with Gasteiger partial charge in [-0.3, -0.25) is 0 Å². The van der Waals surface area contributed by atoms with Crippen LogP contribution in [-0.4, -0.2) is 26.8 Å². The van der Waals surface area contributed by atoms with E-state index in [2.05, 4.69) is 33.0 Å². The highest BCUT2D eigenvalue weighted by molar-refractivity contribution is 5.52. The average Bonchev–Trinajstić information content (AvgIpc) is 3.02. The molecule has 5 nitrogen and oxygen atoms in total. The molecule has 1 unspecified atom stereocenters. The SMILES string of the molecule is Fc1ccc(-n2cnnn2)cc1NCC1CC=CCC1. The summed E-state index contributed by atoms with van der Waals surface area (Å²) in [6.45, 7) is 0.778. The summed E-state index contributed by atoms with van der Waals surface area (Å²) in [4.78, 5) is 0. The fraction of sp³-hybridized carbons (Fsp3) is 0.357. The van der Waals surface area contributed by atoms with Crippen molar-refractivity contribution in [3.8, 4) is 5.69 Å². The van der Waals surface area contributed by atoms with Crippen molar-refractivity contribution in [2.75, 3.05) is 11.9 Å². The van der Waals surface area contributed by atoms with Gasteiger partial charge in [0.05, 0.1) is 11.4 Å². The Morgan fingerprint density at radius 3 is 3.05 bits per heavy atom. The molecule has 0 fully saturated rings. The van der Waals surface area contributed by atoms with Gasteiger partial charge >= 0.3 is 0 Å². The normalized spacial score (nSPS) is 18.1. The number of halogens is 1. The largest absolute Gasteiger partial charge is 0.382 e. The van der Waals surface area contributed by atoms with E-state index in [1.54, 1.807) is 12.1 Å². The van der Waals surface area contributed by atoms with Gasteiger partial charge in [-0.15, -0.1) is 5.10 Å². The average molecular weight is 273 g/mol. The van der Waals surface area contributed by atoms with Crippen molar-refractivity contribution in [3.63, 3.8) is 0 Å². The van der Waals surface area contributed by atoms with Gasteiger partial charge in [0.2, 0.25) is 0 Å². The molecule has 3 rings (SSSR count). The predicted octanol–water partition coefficient (Wildman–Crippen LogP) is 2.57. The van der Waals surface area contributed by atoms with Crippen molar-refractivity contribution in [1.82, 2.24) is 20.2 Å². The third kappa shape index (κ3) is 2.84. The van der Waals surface area contributed by atoms with Gasteiger partial charge in [-0.1, -0.05) is 12.2 Å². The number of tetrazole rings is 1. The summed E-state index contributed by atoms with van der Waals surface area (Å²) in [6, 6.07) is 4.81. The molecule has 1 aromatic heterocycles. The number of hydrogen-bond donors (Lipinski definition) is 1. The molecular formula is C14H16FN5. The van der Waals surface area contributed by atoms with Crippen LogP contribution in [0.5, 0.6) is 0 Å². The summed E-state index contributed by atoms with van der Waals surface area (Å²) in [6.07, 6.45) is 9.21. The number of aromatic nitrogens is 4. The number of nitrogens with zero attached hydrogens (tertiary/aromatic N) is 4. The number of nitrogens with one attached hydrogen (secondary N) is 1. The van der Waals surface area contributed by atoms with E-state index in [0.29, 0.717) is 11.6 Å². The maximum atomic E-state index is 13.8. The first-order chi connectivity index (χ1) is 9.83. The van der Waals surface area contributed by atoms with E-state index in [4.69, 9.17) is 0 Å². The molecule has 1 aliphatic rings. The Labute approximate surface area is 116 Å². The van der Waals surface area contributed by atoms with Crippen LogP contribution in [0, 0.1) is 11.7 Å². The fourth-order valence-corrected chi connectivity index (χ4v) is 2.37. The summed E-state index contributed by atoms with van der Waals surface area (Å²) >= 11 is 0. The molecule has 0 aliphatic heterocycles. The van der Waals surface area contributed by atoms with Crippen molar-refractivity contribution >= 4 is 5.69 Å². The zero-order valence-electron chi connectivity index (χ0n) is 11.0. The second-order valence-corrected chi connectivity index (χ2v) is 4.95. The molecule has 1 N–H and O–H groups in total. The highest BCUT2D eigenvalue weighted by Gasteiger charge is 2.11. The molecule has 0 bridgehead atoms. The van der Waals surface area contributed by atoms with Crippen LogP contribution in [0.25, 0.3) is 5.69 Å². The summed E-state index contributed by atoms with van der Waals surface area (Å²) in [5, 5.41) is 14.2. The van der Waals surface area contributed by atoms with Crippen molar-refractivity contribution < 1.29 is 4.39 Å². The smallest absolute Gasteiger partial charge is 0.146 e. The maximum absolute atomic E-state index is 13.8. The van der Waals surface area contributed by atoms with Gasteiger partial charge in [0.1, 0.15) is 12.1 Å². The predicted molar refractivity (Wildman–Crippen MR) is 74.1 cm³/mol.